The van der Waals surface area contributed by atoms with Gasteiger partial charge in [-0.05, 0) is 61.7 Å². The highest BCUT2D eigenvalue weighted by molar-refractivity contribution is 5.97. The van der Waals surface area contributed by atoms with E-state index in [0.717, 1.165) is 43.6 Å². The van der Waals surface area contributed by atoms with Crippen LogP contribution in [0.2, 0.25) is 0 Å². The summed E-state index contributed by atoms with van der Waals surface area (Å²) >= 11 is 0. The van der Waals surface area contributed by atoms with Crippen LogP contribution in [-0.4, -0.2) is 51.1 Å². The highest BCUT2D eigenvalue weighted by Gasteiger charge is 2.31. The minimum Gasteiger partial charge on any atom is -0.376 e. The molecule has 0 aliphatic carbocycles. The van der Waals surface area contributed by atoms with Crippen molar-refractivity contribution in [2.45, 2.75) is 25.9 Å². The van der Waals surface area contributed by atoms with Crippen LogP contribution in [0.4, 0.5) is 24.5 Å². The zero-order valence-corrected chi connectivity index (χ0v) is 18.4. The van der Waals surface area contributed by atoms with Crippen LogP contribution in [0, 0.1) is 6.92 Å². The molecule has 0 spiro atoms. The van der Waals surface area contributed by atoms with Crippen molar-refractivity contribution in [1.29, 1.82) is 0 Å². The summed E-state index contributed by atoms with van der Waals surface area (Å²) in [6.07, 6.45) is 0.00846. The quantitative estimate of drug-likeness (QED) is 0.568. The van der Waals surface area contributed by atoms with Crippen LogP contribution < -0.4 is 10.6 Å². The predicted molar refractivity (Wildman–Crippen MR) is 120 cm³/mol. The summed E-state index contributed by atoms with van der Waals surface area (Å²) in [7, 11) is 0. The summed E-state index contributed by atoms with van der Waals surface area (Å²) in [5.41, 5.74) is 1.31. The van der Waals surface area contributed by atoms with Crippen LogP contribution in [0.5, 0.6) is 0 Å². The molecule has 2 aromatic carbocycles. The fourth-order valence-electron chi connectivity index (χ4n) is 3.81. The smallest absolute Gasteiger partial charge is 0.376 e. The lowest BCUT2D eigenvalue weighted by Gasteiger charge is -2.17. The number of nitrogens with one attached hydrogen (secondary N) is 2. The first-order chi connectivity index (χ1) is 16.2. The van der Waals surface area contributed by atoms with Crippen molar-refractivity contribution in [3.05, 3.63) is 65.7 Å². The molecule has 0 unspecified atom stereocenters. The highest BCUT2D eigenvalue weighted by atomic mass is 19.4. The molecule has 34 heavy (non-hydrogen) atoms. The molecular weight excluding hydrogens is 449 g/mol. The van der Waals surface area contributed by atoms with E-state index in [-0.39, 0.29) is 23.8 Å². The minimum atomic E-state index is -4.57. The van der Waals surface area contributed by atoms with Crippen LogP contribution in [-0.2, 0) is 11.0 Å². The highest BCUT2D eigenvalue weighted by Crippen LogP contribution is 2.33. The number of amides is 2. The molecule has 1 aliphatic heterocycles. The number of anilines is 2. The second kappa shape index (κ2) is 9.54. The van der Waals surface area contributed by atoms with Gasteiger partial charge >= 0.3 is 6.18 Å². The van der Waals surface area contributed by atoms with Crippen molar-refractivity contribution in [1.82, 2.24) is 19.7 Å². The fraction of sp³-hybridized carbons (Fsp3) is 0.304. The average molecular weight is 472 g/mol. The topological polar surface area (TPSA) is 92.2 Å². The molecular formula is C23H23F3N6O2. The number of benzene rings is 2. The predicted octanol–water partition coefficient (Wildman–Crippen LogP) is 3.88. The fourth-order valence-corrected chi connectivity index (χ4v) is 3.81. The number of aromatic nitrogens is 3. The number of aryl methyl sites for hydroxylation is 1. The second-order valence-electron chi connectivity index (χ2n) is 8.00. The summed E-state index contributed by atoms with van der Waals surface area (Å²) in [5, 5.41) is 9.42. The maximum Gasteiger partial charge on any atom is 0.416 e. The van der Waals surface area contributed by atoms with E-state index in [1.165, 1.54) is 23.4 Å². The van der Waals surface area contributed by atoms with Gasteiger partial charge in [-0.3, -0.25) is 9.59 Å². The van der Waals surface area contributed by atoms with Crippen molar-refractivity contribution >= 4 is 23.2 Å². The normalized spacial score (nSPS) is 13.7. The maximum absolute atomic E-state index is 13.2. The van der Waals surface area contributed by atoms with Gasteiger partial charge in [-0.1, -0.05) is 0 Å². The lowest BCUT2D eigenvalue weighted by atomic mass is 10.1. The molecule has 1 fully saturated rings. The van der Waals surface area contributed by atoms with Gasteiger partial charge < -0.3 is 15.5 Å². The molecule has 0 radical (unpaired) electrons. The molecule has 0 bridgehead atoms. The number of carbonyl (C=O) groups is 2. The van der Waals surface area contributed by atoms with Crippen molar-refractivity contribution in [2.24, 2.45) is 0 Å². The molecule has 4 rings (SSSR count). The first kappa shape index (κ1) is 23.3. The molecule has 1 aliphatic rings. The van der Waals surface area contributed by atoms with Crippen molar-refractivity contribution < 1.29 is 22.8 Å². The lowest BCUT2D eigenvalue weighted by Crippen LogP contribution is -2.27. The standard InChI is InChI=1S/C23H23F3N6O2/c1-15-10-16(22(34)31-8-2-3-9-31)4-6-18(15)28-12-21(33)30-19-11-17(23(24,25)26)5-7-20(19)32-14-27-13-29-32/h4-7,10-11,13-14,28H,2-3,8-9,12H2,1H3,(H,30,33). The molecule has 1 aromatic heterocycles. The van der Waals surface area contributed by atoms with Crippen molar-refractivity contribution in [3.8, 4) is 5.69 Å². The summed E-state index contributed by atoms with van der Waals surface area (Å²) in [6, 6.07) is 8.18. The number of nitrogens with zero attached hydrogens (tertiary/aromatic N) is 4. The minimum absolute atomic E-state index is 0.0184. The Morgan fingerprint density at radius 2 is 1.82 bits per heavy atom. The van der Waals surface area contributed by atoms with Gasteiger partial charge in [0.2, 0.25) is 5.91 Å². The molecule has 1 saturated heterocycles. The van der Waals surface area contributed by atoms with Crippen LogP contribution in [0.1, 0.15) is 34.3 Å². The molecule has 2 heterocycles. The van der Waals surface area contributed by atoms with Gasteiger partial charge in [0.15, 0.2) is 0 Å². The van der Waals surface area contributed by atoms with E-state index in [1.54, 1.807) is 18.2 Å². The third-order valence-corrected chi connectivity index (χ3v) is 5.57. The Hall–Kier alpha value is -3.89. The number of alkyl halides is 3. The number of hydrogen-bond donors (Lipinski definition) is 2. The van der Waals surface area contributed by atoms with E-state index in [1.807, 2.05) is 11.8 Å². The van der Waals surface area contributed by atoms with Gasteiger partial charge in [0, 0.05) is 24.3 Å². The van der Waals surface area contributed by atoms with Crippen molar-refractivity contribution in [3.63, 3.8) is 0 Å². The van der Waals surface area contributed by atoms with E-state index in [4.69, 9.17) is 0 Å². The Bertz CT molecular complexity index is 1190. The summed E-state index contributed by atoms with van der Waals surface area (Å²) in [4.78, 5) is 30.7. The number of carbonyl (C=O) groups excluding carboxylic acids is 2. The van der Waals surface area contributed by atoms with E-state index in [0.29, 0.717) is 11.3 Å². The Balaban J connectivity index is 1.45. The molecule has 8 nitrogen and oxygen atoms in total. The third-order valence-electron chi connectivity index (χ3n) is 5.57. The maximum atomic E-state index is 13.2. The zero-order valence-electron chi connectivity index (χ0n) is 18.4. The zero-order chi connectivity index (χ0) is 24.3. The molecule has 178 valence electrons. The summed E-state index contributed by atoms with van der Waals surface area (Å²) < 4.78 is 40.9. The van der Waals surface area contributed by atoms with Gasteiger partial charge in [-0.25, -0.2) is 9.67 Å². The molecule has 0 atom stereocenters. The Labute approximate surface area is 193 Å². The third kappa shape index (κ3) is 5.19. The summed E-state index contributed by atoms with van der Waals surface area (Å²) in [5.74, 6) is -0.563. The number of rotatable bonds is 6. The average Bonchev–Trinajstić information content (AvgIpc) is 3.51. The number of hydrogen-bond acceptors (Lipinski definition) is 5. The van der Waals surface area contributed by atoms with E-state index < -0.39 is 17.6 Å². The van der Waals surface area contributed by atoms with E-state index in [9.17, 15) is 22.8 Å². The molecule has 3 aromatic rings. The van der Waals surface area contributed by atoms with Crippen molar-refractivity contribution in [2.75, 3.05) is 30.3 Å². The second-order valence-corrected chi connectivity index (χ2v) is 8.00. The van der Waals surface area contributed by atoms with Gasteiger partial charge in [-0.15, -0.1) is 0 Å². The Kier molecular flexibility index (Phi) is 6.53. The molecule has 2 amide bonds. The molecule has 11 heteroatoms. The number of halogens is 3. The molecule has 0 saturated carbocycles. The first-order valence-corrected chi connectivity index (χ1v) is 10.7. The number of likely N-dealkylation sites (tertiary alicyclic amines) is 1. The van der Waals surface area contributed by atoms with Crippen LogP contribution >= 0.6 is 0 Å². The van der Waals surface area contributed by atoms with Crippen LogP contribution in [0.3, 0.4) is 0 Å². The van der Waals surface area contributed by atoms with E-state index >= 15 is 0 Å². The first-order valence-electron chi connectivity index (χ1n) is 10.7. The van der Waals surface area contributed by atoms with Gasteiger partial charge in [0.1, 0.15) is 12.7 Å². The Morgan fingerprint density at radius 1 is 1.06 bits per heavy atom. The largest absolute Gasteiger partial charge is 0.416 e. The van der Waals surface area contributed by atoms with E-state index in [2.05, 4.69) is 20.7 Å². The lowest BCUT2D eigenvalue weighted by molar-refractivity contribution is -0.137. The van der Waals surface area contributed by atoms with Gasteiger partial charge in [0.05, 0.1) is 23.5 Å². The monoisotopic (exact) mass is 472 g/mol. The SMILES string of the molecule is Cc1cc(C(=O)N2CCCC2)ccc1NCC(=O)Nc1cc(C(F)(F)F)ccc1-n1cncn1. The van der Waals surface area contributed by atoms with Gasteiger partial charge in [-0.2, -0.15) is 18.3 Å². The van der Waals surface area contributed by atoms with Gasteiger partial charge in [0.25, 0.3) is 5.91 Å². The van der Waals surface area contributed by atoms with Crippen LogP contribution in [0.25, 0.3) is 5.69 Å². The summed E-state index contributed by atoms with van der Waals surface area (Å²) in [6.45, 7) is 3.14. The Morgan fingerprint density at radius 3 is 2.47 bits per heavy atom. The van der Waals surface area contributed by atoms with Crippen LogP contribution in [0.15, 0.2) is 49.1 Å². The molecule has 2 N–H and O–H groups in total.